The molecule has 2 nitrogen and oxygen atoms in total. The van der Waals surface area contributed by atoms with Crippen molar-refractivity contribution in [3.05, 3.63) is 23.7 Å². The second-order valence-corrected chi connectivity index (χ2v) is 5.20. The fourth-order valence-corrected chi connectivity index (χ4v) is 2.45. The van der Waals surface area contributed by atoms with Crippen LogP contribution in [0.15, 0.2) is 16.5 Å². The second-order valence-electron chi connectivity index (χ2n) is 5.20. The summed E-state index contributed by atoms with van der Waals surface area (Å²) >= 11 is 0. The molecule has 1 heterocycles. The van der Waals surface area contributed by atoms with Crippen molar-refractivity contribution in [2.45, 2.75) is 58.4 Å². The average Bonchev–Trinajstić information content (AvgIpc) is 2.75. The molecule has 0 radical (unpaired) electrons. The van der Waals surface area contributed by atoms with Gasteiger partial charge in [-0.15, -0.1) is 0 Å². The standard InChI is InChI=1S/C15H25NO/c1-3-10-16-14(11-12-6-5-7-12)15-9-8-13(4-2)17-15/h8-9,12,14,16H,3-7,10-11H2,1-2H3. The monoisotopic (exact) mass is 235 g/mol. The maximum absolute atomic E-state index is 5.90. The quantitative estimate of drug-likeness (QED) is 0.770. The number of nitrogens with one attached hydrogen (secondary N) is 1. The zero-order valence-electron chi connectivity index (χ0n) is 11.2. The van der Waals surface area contributed by atoms with Gasteiger partial charge in [0.25, 0.3) is 0 Å². The molecule has 1 saturated carbocycles. The Labute approximate surface area is 105 Å². The Morgan fingerprint density at radius 3 is 2.71 bits per heavy atom. The van der Waals surface area contributed by atoms with Crippen LogP contribution in [0.5, 0.6) is 0 Å². The minimum Gasteiger partial charge on any atom is -0.464 e. The van der Waals surface area contributed by atoms with Gasteiger partial charge in [-0.3, -0.25) is 0 Å². The number of rotatable bonds is 7. The van der Waals surface area contributed by atoms with Crippen LogP contribution in [0, 0.1) is 5.92 Å². The fraction of sp³-hybridized carbons (Fsp3) is 0.733. The predicted octanol–water partition coefficient (Wildman–Crippen LogP) is 4.07. The topological polar surface area (TPSA) is 25.2 Å². The minimum atomic E-state index is 0.431. The SMILES string of the molecule is CCCNC(CC1CCC1)c1ccc(CC)o1. The zero-order valence-corrected chi connectivity index (χ0v) is 11.2. The third-order valence-electron chi connectivity index (χ3n) is 3.81. The van der Waals surface area contributed by atoms with E-state index in [9.17, 15) is 0 Å². The van der Waals surface area contributed by atoms with Crippen molar-refractivity contribution in [1.82, 2.24) is 5.32 Å². The van der Waals surface area contributed by atoms with Crippen LogP contribution in [-0.4, -0.2) is 6.54 Å². The first-order valence-electron chi connectivity index (χ1n) is 7.15. The number of furan rings is 1. The molecule has 1 aliphatic carbocycles. The van der Waals surface area contributed by atoms with Crippen LogP contribution in [0.3, 0.4) is 0 Å². The van der Waals surface area contributed by atoms with Crippen LogP contribution >= 0.6 is 0 Å². The van der Waals surface area contributed by atoms with Gasteiger partial charge in [-0.25, -0.2) is 0 Å². The number of aryl methyl sites for hydroxylation is 1. The van der Waals surface area contributed by atoms with Gasteiger partial charge in [-0.1, -0.05) is 33.1 Å². The molecule has 1 aromatic rings. The molecule has 0 saturated heterocycles. The van der Waals surface area contributed by atoms with Crippen LogP contribution in [0.25, 0.3) is 0 Å². The summed E-state index contributed by atoms with van der Waals surface area (Å²) in [5.74, 6) is 3.17. The first-order chi connectivity index (χ1) is 8.33. The molecule has 1 unspecified atom stereocenters. The van der Waals surface area contributed by atoms with Crippen LogP contribution in [0.4, 0.5) is 0 Å². The smallest absolute Gasteiger partial charge is 0.121 e. The highest BCUT2D eigenvalue weighted by atomic mass is 16.3. The van der Waals surface area contributed by atoms with Crippen LogP contribution in [0.2, 0.25) is 0 Å². The molecule has 0 aromatic carbocycles. The van der Waals surface area contributed by atoms with Gasteiger partial charge in [-0.05, 0) is 37.4 Å². The fourth-order valence-electron chi connectivity index (χ4n) is 2.45. The first-order valence-corrected chi connectivity index (χ1v) is 7.15. The van der Waals surface area contributed by atoms with Crippen LogP contribution in [-0.2, 0) is 6.42 Å². The molecular weight excluding hydrogens is 210 g/mol. The largest absolute Gasteiger partial charge is 0.464 e. The van der Waals surface area contributed by atoms with Crippen molar-refractivity contribution in [3.63, 3.8) is 0 Å². The number of hydrogen-bond donors (Lipinski definition) is 1. The third kappa shape index (κ3) is 3.35. The van der Waals surface area contributed by atoms with E-state index in [1.165, 1.54) is 32.1 Å². The Balaban J connectivity index is 1.96. The molecule has 0 bridgehead atoms. The summed E-state index contributed by atoms with van der Waals surface area (Å²) in [4.78, 5) is 0. The lowest BCUT2D eigenvalue weighted by Crippen LogP contribution is -2.26. The van der Waals surface area contributed by atoms with Crippen molar-refractivity contribution in [3.8, 4) is 0 Å². The molecule has 96 valence electrons. The minimum absolute atomic E-state index is 0.431. The Hall–Kier alpha value is -0.760. The van der Waals surface area contributed by atoms with E-state index in [1.807, 2.05) is 0 Å². The third-order valence-corrected chi connectivity index (χ3v) is 3.81. The summed E-state index contributed by atoms with van der Waals surface area (Å²) in [5.41, 5.74) is 0. The summed E-state index contributed by atoms with van der Waals surface area (Å²) in [7, 11) is 0. The van der Waals surface area contributed by atoms with Crippen LogP contribution < -0.4 is 5.32 Å². The van der Waals surface area contributed by atoms with E-state index >= 15 is 0 Å². The second kappa shape index (κ2) is 6.25. The summed E-state index contributed by atoms with van der Waals surface area (Å²) in [6.07, 6.45) is 7.66. The molecule has 17 heavy (non-hydrogen) atoms. The highest BCUT2D eigenvalue weighted by molar-refractivity contribution is 5.11. The summed E-state index contributed by atoms with van der Waals surface area (Å²) in [5, 5.41) is 3.63. The molecular formula is C15H25NO. The predicted molar refractivity (Wildman–Crippen MR) is 71.1 cm³/mol. The maximum Gasteiger partial charge on any atom is 0.121 e. The van der Waals surface area contributed by atoms with Gasteiger partial charge in [-0.2, -0.15) is 0 Å². The lowest BCUT2D eigenvalue weighted by molar-refractivity contribution is 0.244. The van der Waals surface area contributed by atoms with Gasteiger partial charge >= 0.3 is 0 Å². The van der Waals surface area contributed by atoms with Gasteiger partial charge in [0.05, 0.1) is 6.04 Å². The van der Waals surface area contributed by atoms with Gasteiger partial charge < -0.3 is 9.73 Å². The average molecular weight is 235 g/mol. The molecule has 2 heteroatoms. The molecule has 1 N–H and O–H groups in total. The molecule has 1 atom stereocenters. The van der Waals surface area contributed by atoms with Gasteiger partial charge in [0, 0.05) is 6.42 Å². The maximum atomic E-state index is 5.90. The first kappa shape index (κ1) is 12.7. The van der Waals surface area contributed by atoms with Crippen LogP contribution in [0.1, 0.15) is 63.5 Å². The highest BCUT2D eigenvalue weighted by Crippen LogP contribution is 2.35. The Bertz CT molecular complexity index is 327. The normalized spacial score (nSPS) is 18.0. The van der Waals surface area contributed by atoms with E-state index in [0.717, 1.165) is 30.4 Å². The van der Waals surface area contributed by atoms with Gasteiger partial charge in [0.2, 0.25) is 0 Å². The van der Waals surface area contributed by atoms with Crippen molar-refractivity contribution in [2.24, 2.45) is 5.92 Å². The lowest BCUT2D eigenvalue weighted by atomic mass is 9.80. The number of hydrogen-bond acceptors (Lipinski definition) is 2. The van der Waals surface area contributed by atoms with E-state index in [4.69, 9.17) is 4.42 Å². The molecule has 1 aliphatic rings. The van der Waals surface area contributed by atoms with E-state index in [1.54, 1.807) is 0 Å². The summed E-state index contributed by atoms with van der Waals surface area (Å²) < 4.78 is 5.90. The van der Waals surface area contributed by atoms with Gasteiger partial charge in [0.15, 0.2) is 0 Å². The molecule has 0 amide bonds. The molecule has 2 rings (SSSR count). The van der Waals surface area contributed by atoms with Gasteiger partial charge in [0.1, 0.15) is 11.5 Å². The van der Waals surface area contributed by atoms with E-state index in [2.05, 4.69) is 31.3 Å². The van der Waals surface area contributed by atoms with Crippen molar-refractivity contribution < 1.29 is 4.42 Å². The molecule has 1 fully saturated rings. The molecule has 1 aromatic heterocycles. The summed E-state index contributed by atoms with van der Waals surface area (Å²) in [6, 6.07) is 4.71. The molecule has 0 spiro atoms. The highest BCUT2D eigenvalue weighted by Gasteiger charge is 2.24. The van der Waals surface area contributed by atoms with Crippen molar-refractivity contribution in [2.75, 3.05) is 6.54 Å². The molecule has 0 aliphatic heterocycles. The van der Waals surface area contributed by atoms with E-state index < -0.39 is 0 Å². The summed E-state index contributed by atoms with van der Waals surface area (Å²) in [6.45, 7) is 5.44. The zero-order chi connectivity index (χ0) is 12.1. The van der Waals surface area contributed by atoms with Crippen molar-refractivity contribution in [1.29, 1.82) is 0 Å². The lowest BCUT2D eigenvalue weighted by Gasteiger charge is -2.29. The van der Waals surface area contributed by atoms with E-state index in [0.29, 0.717) is 6.04 Å². The van der Waals surface area contributed by atoms with E-state index in [-0.39, 0.29) is 0 Å². The Morgan fingerprint density at radius 2 is 2.18 bits per heavy atom. The Kier molecular flexibility index (Phi) is 4.66. The van der Waals surface area contributed by atoms with Crippen molar-refractivity contribution >= 4 is 0 Å². The Morgan fingerprint density at radius 1 is 1.35 bits per heavy atom.